The molecule has 0 aromatic heterocycles. The van der Waals surface area contributed by atoms with E-state index in [-0.39, 0.29) is 12.1 Å². The zero-order valence-corrected chi connectivity index (χ0v) is 4.76. The first kappa shape index (κ1) is 6.19. The molecule has 4 heteroatoms. The minimum atomic E-state index is -0.637. The second-order valence-corrected chi connectivity index (χ2v) is 1.96. The first-order chi connectivity index (χ1) is 4.22. The number of nitrogens with zero attached hydrogens (tertiary/aromatic N) is 1. The SMILES string of the molecule is O=[N+]([O-])C1=C(F)CCC1. The Morgan fingerprint density at radius 3 is 2.44 bits per heavy atom. The molecule has 0 unspecified atom stereocenters. The average Bonchev–Trinajstić information content (AvgIpc) is 2.13. The molecule has 0 aromatic carbocycles. The minimum absolute atomic E-state index is 0.227. The van der Waals surface area contributed by atoms with Crippen molar-refractivity contribution in [3.63, 3.8) is 0 Å². The maximum absolute atomic E-state index is 12.3. The van der Waals surface area contributed by atoms with Crippen molar-refractivity contribution in [1.82, 2.24) is 0 Å². The normalized spacial score (nSPS) is 18.8. The molecule has 9 heavy (non-hydrogen) atoms. The van der Waals surface area contributed by atoms with Crippen molar-refractivity contribution in [3.8, 4) is 0 Å². The van der Waals surface area contributed by atoms with E-state index in [1.54, 1.807) is 0 Å². The molecular weight excluding hydrogens is 125 g/mol. The summed E-state index contributed by atoms with van der Waals surface area (Å²) in [5, 5.41) is 9.92. The lowest BCUT2D eigenvalue weighted by atomic mass is 10.3. The highest BCUT2D eigenvalue weighted by molar-refractivity contribution is 5.05. The number of hydrogen-bond donors (Lipinski definition) is 0. The van der Waals surface area contributed by atoms with Gasteiger partial charge in [-0.3, -0.25) is 10.1 Å². The maximum Gasteiger partial charge on any atom is 0.277 e. The predicted octanol–water partition coefficient (Wildman–Crippen LogP) is 1.63. The van der Waals surface area contributed by atoms with Crippen LogP contribution in [-0.4, -0.2) is 4.92 Å². The highest BCUT2D eigenvalue weighted by Gasteiger charge is 2.23. The van der Waals surface area contributed by atoms with Gasteiger partial charge in [0.15, 0.2) is 5.83 Å². The average molecular weight is 131 g/mol. The third-order valence-corrected chi connectivity index (χ3v) is 1.34. The van der Waals surface area contributed by atoms with Gasteiger partial charge >= 0.3 is 0 Å². The van der Waals surface area contributed by atoms with E-state index >= 15 is 0 Å². The fourth-order valence-electron chi connectivity index (χ4n) is 0.881. The lowest BCUT2D eigenvalue weighted by Crippen LogP contribution is -1.95. The van der Waals surface area contributed by atoms with Crippen molar-refractivity contribution in [3.05, 3.63) is 21.6 Å². The molecular formula is C5H6FNO2. The summed E-state index contributed by atoms with van der Waals surface area (Å²) in [5.74, 6) is -0.542. The van der Waals surface area contributed by atoms with Crippen LogP contribution in [0.4, 0.5) is 4.39 Å². The van der Waals surface area contributed by atoms with Crippen molar-refractivity contribution >= 4 is 0 Å². The molecule has 0 bridgehead atoms. The highest BCUT2D eigenvalue weighted by Crippen LogP contribution is 2.26. The fraction of sp³-hybridized carbons (Fsp3) is 0.600. The summed E-state index contributed by atoms with van der Waals surface area (Å²) in [4.78, 5) is 9.28. The lowest BCUT2D eigenvalue weighted by molar-refractivity contribution is -0.428. The predicted molar refractivity (Wildman–Crippen MR) is 29.0 cm³/mol. The number of halogens is 1. The van der Waals surface area contributed by atoms with Gasteiger partial charge in [-0.15, -0.1) is 0 Å². The molecule has 1 rings (SSSR count). The van der Waals surface area contributed by atoms with Crippen LogP contribution < -0.4 is 0 Å². The van der Waals surface area contributed by atoms with E-state index < -0.39 is 10.8 Å². The van der Waals surface area contributed by atoms with E-state index in [4.69, 9.17) is 0 Å². The Hall–Kier alpha value is -0.930. The smallest absolute Gasteiger partial charge is 0.259 e. The summed E-state index contributed by atoms with van der Waals surface area (Å²) < 4.78 is 12.3. The van der Waals surface area contributed by atoms with E-state index in [0.29, 0.717) is 12.8 Å². The Kier molecular flexibility index (Phi) is 1.46. The molecule has 0 aromatic rings. The fourth-order valence-corrected chi connectivity index (χ4v) is 0.881. The molecule has 1 aliphatic rings. The summed E-state index contributed by atoms with van der Waals surface area (Å²) in [6, 6.07) is 0. The largest absolute Gasteiger partial charge is 0.277 e. The van der Waals surface area contributed by atoms with Crippen LogP contribution in [0.2, 0.25) is 0 Å². The molecule has 0 fully saturated rings. The number of nitro groups is 1. The van der Waals surface area contributed by atoms with Gasteiger partial charge in [0.2, 0.25) is 0 Å². The van der Waals surface area contributed by atoms with Gasteiger partial charge in [-0.1, -0.05) is 0 Å². The van der Waals surface area contributed by atoms with E-state index in [1.165, 1.54) is 0 Å². The van der Waals surface area contributed by atoms with Gasteiger partial charge in [-0.2, -0.15) is 0 Å². The quantitative estimate of drug-likeness (QED) is 0.401. The molecule has 0 saturated heterocycles. The van der Waals surface area contributed by atoms with Crippen LogP contribution in [0.25, 0.3) is 0 Å². The molecule has 0 atom stereocenters. The maximum atomic E-state index is 12.3. The Bertz CT molecular complexity index is 176. The zero-order valence-electron chi connectivity index (χ0n) is 4.76. The van der Waals surface area contributed by atoms with Crippen molar-refractivity contribution < 1.29 is 9.31 Å². The Morgan fingerprint density at radius 1 is 1.56 bits per heavy atom. The zero-order chi connectivity index (χ0) is 6.85. The Labute approximate surface area is 51.3 Å². The summed E-state index contributed by atoms with van der Waals surface area (Å²) in [7, 11) is 0. The third kappa shape index (κ3) is 1.06. The Morgan fingerprint density at radius 2 is 2.22 bits per heavy atom. The highest BCUT2D eigenvalue weighted by atomic mass is 19.1. The molecule has 0 radical (unpaired) electrons. The molecule has 0 heterocycles. The van der Waals surface area contributed by atoms with Crippen LogP contribution >= 0.6 is 0 Å². The van der Waals surface area contributed by atoms with Crippen molar-refractivity contribution in [2.75, 3.05) is 0 Å². The van der Waals surface area contributed by atoms with Crippen LogP contribution in [0.3, 0.4) is 0 Å². The van der Waals surface area contributed by atoms with Gasteiger partial charge in [-0.25, -0.2) is 4.39 Å². The van der Waals surface area contributed by atoms with Crippen LogP contribution in [0, 0.1) is 10.1 Å². The lowest BCUT2D eigenvalue weighted by Gasteiger charge is -1.86. The standard InChI is InChI=1S/C5H6FNO2/c6-4-2-1-3-5(4)7(8)9/h1-3H2. The van der Waals surface area contributed by atoms with Crippen molar-refractivity contribution in [2.45, 2.75) is 19.3 Å². The van der Waals surface area contributed by atoms with Crippen molar-refractivity contribution in [1.29, 1.82) is 0 Å². The topological polar surface area (TPSA) is 43.1 Å². The molecule has 3 nitrogen and oxygen atoms in total. The number of rotatable bonds is 1. The Balaban J connectivity index is 2.78. The van der Waals surface area contributed by atoms with Crippen LogP contribution in [0.15, 0.2) is 11.5 Å². The summed E-state index contributed by atoms with van der Waals surface area (Å²) in [6.07, 6.45) is 1.12. The third-order valence-electron chi connectivity index (χ3n) is 1.34. The molecule has 0 aliphatic heterocycles. The van der Waals surface area contributed by atoms with Gasteiger partial charge in [0.25, 0.3) is 5.70 Å². The van der Waals surface area contributed by atoms with E-state index in [0.717, 1.165) is 0 Å². The van der Waals surface area contributed by atoms with Gasteiger partial charge in [-0.05, 0) is 6.42 Å². The van der Waals surface area contributed by atoms with E-state index in [9.17, 15) is 14.5 Å². The van der Waals surface area contributed by atoms with Crippen molar-refractivity contribution in [2.24, 2.45) is 0 Å². The minimum Gasteiger partial charge on any atom is -0.259 e. The van der Waals surface area contributed by atoms with Gasteiger partial charge < -0.3 is 0 Å². The summed E-state index contributed by atoms with van der Waals surface area (Å²) >= 11 is 0. The number of hydrogen-bond acceptors (Lipinski definition) is 2. The van der Waals surface area contributed by atoms with Gasteiger partial charge in [0.05, 0.1) is 4.92 Å². The molecule has 50 valence electrons. The summed E-state index contributed by atoms with van der Waals surface area (Å²) in [6.45, 7) is 0. The van der Waals surface area contributed by atoms with Gasteiger partial charge in [0, 0.05) is 12.8 Å². The van der Waals surface area contributed by atoms with Crippen LogP contribution in [-0.2, 0) is 0 Å². The molecule has 0 N–H and O–H groups in total. The molecule has 0 spiro atoms. The van der Waals surface area contributed by atoms with E-state index in [1.807, 2.05) is 0 Å². The first-order valence-corrected chi connectivity index (χ1v) is 2.73. The first-order valence-electron chi connectivity index (χ1n) is 2.73. The second kappa shape index (κ2) is 2.13. The second-order valence-electron chi connectivity index (χ2n) is 1.96. The molecule has 0 saturated carbocycles. The van der Waals surface area contributed by atoms with Gasteiger partial charge in [0.1, 0.15) is 0 Å². The van der Waals surface area contributed by atoms with E-state index in [2.05, 4.69) is 0 Å². The molecule has 1 aliphatic carbocycles. The van der Waals surface area contributed by atoms with Crippen LogP contribution in [0.5, 0.6) is 0 Å². The molecule has 0 amide bonds. The van der Waals surface area contributed by atoms with Crippen LogP contribution in [0.1, 0.15) is 19.3 Å². The summed E-state index contributed by atoms with van der Waals surface area (Å²) in [5.41, 5.74) is -0.227. The number of allylic oxidation sites excluding steroid dienone is 2. The monoisotopic (exact) mass is 131 g/mol.